The van der Waals surface area contributed by atoms with Gasteiger partial charge in [-0.15, -0.1) is 0 Å². The maximum Gasteiger partial charge on any atom is 0.180 e. The van der Waals surface area contributed by atoms with Gasteiger partial charge in [0, 0.05) is 0 Å². The van der Waals surface area contributed by atoms with Gasteiger partial charge in [0.25, 0.3) is 0 Å². The molecule has 0 unspecified atom stereocenters. The van der Waals surface area contributed by atoms with Crippen LogP contribution < -0.4 is 0 Å². The van der Waals surface area contributed by atoms with Crippen molar-refractivity contribution in [1.29, 1.82) is 0 Å². The summed E-state index contributed by atoms with van der Waals surface area (Å²) >= 11 is 14.4. The molecule has 5 heteroatoms. The van der Waals surface area contributed by atoms with E-state index in [1.807, 2.05) is 0 Å². The van der Waals surface area contributed by atoms with E-state index >= 15 is 0 Å². The summed E-state index contributed by atoms with van der Waals surface area (Å²) in [6.45, 7) is 0.0289. The van der Waals surface area contributed by atoms with E-state index in [0.717, 1.165) is 0 Å². The van der Waals surface area contributed by atoms with Crippen molar-refractivity contribution in [3.8, 4) is 0 Å². The molecule has 2 nitrogen and oxygen atoms in total. The van der Waals surface area contributed by atoms with Crippen LogP contribution in [0.25, 0.3) is 0 Å². The Hall–Kier alpha value is 0.530. The van der Waals surface area contributed by atoms with Gasteiger partial charge in [0.2, 0.25) is 0 Å². The molecule has 0 aromatic carbocycles. The normalized spacial score (nSPS) is 9.80. The van der Waals surface area contributed by atoms with Gasteiger partial charge in [0.05, 0.1) is 13.2 Å². The van der Waals surface area contributed by atoms with E-state index in [1.54, 1.807) is 0 Å². The third-order valence-electron chi connectivity index (χ3n) is 0.377. The van der Waals surface area contributed by atoms with E-state index in [-0.39, 0.29) is 13.2 Å². The highest BCUT2D eigenvalue weighted by molar-refractivity contribution is 6.63. The first-order chi connectivity index (χ1) is 4.65. The summed E-state index contributed by atoms with van der Waals surface area (Å²) in [5.41, 5.74) is 0. The quantitative estimate of drug-likeness (QED) is 0.532. The Morgan fingerprint density at radius 3 is 1.30 bits per heavy atom. The van der Waals surface area contributed by atoms with Gasteiger partial charge < -0.3 is 10.2 Å². The summed E-state index contributed by atoms with van der Waals surface area (Å²) < 4.78 is -0.750. The maximum absolute atomic E-state index is 8.00. The van der Waals surface area contributed by atoms with Gasteiger partial charge in [-0.25, -0.2) is 0 Å². The topological polar surface area (TPSA) is 40.5 Å². The van der Waals surface area contributed by atoms with Crippen molar-refractivity contribution in [2.24, 2.45) is 0 Å². The van der Waals surface area contributed by atoms with Crippen LogP contribution >= 0.6 is 34.8 Å². The molecule has 0 bridgehead atoms. The number of rotatable bonds is 2. The molecular weight excluding hydrogens is 198 g/mol. The molecule has 0 radical (unpaired) electrons. The molecule has 0 aliphatic heterocycles. The lowest BCUT2D eigenvalue weighted by Gasteiger charge is -1.73. The fourth-order valence-electron chi connectivity index (χ4n) is 0.149. The number of hydrogen-bond donors (Lipinski definition) is 2. The largest absolute Gasteiger partial charge is 0.392 e. The summed E-state index contributed by atoms with van der Waals surface area (Å²) in [6.07, 6.45) is 2.97. The van der Waals surface area contributed by atoms with Crippen LogP contribution in [0, 0.1) is 0 Å². The second kappa shape index (κ2) is 12.2. The standard InChI is InChI=1S/C4H8O2.CHCl3/c5-3-1-2-4-6;2-1(3)4/h1-2,5-6H,3-4H2;1H. The minimum absolute atomic E-state index is 0.0144. The molecule has 0 aliphatic rings. The zero-order chi connectivity index (χ0) is 8.41. The van der Waals surface area contributed by atoms with Crippen molar-refractivity contribution in [1.82, 2.24) is 0 Å². The third-order valence-corrected chi connectivity index (χ3v) is 0.377. The molecule has 0 atom stereocenters. The molecule has 0 aliphatic carbocycles. The van der Waals surface area contributed by atoms with E-state index in [1.165, 1.54) is 12.2 Å². The number of aliphatic hydroxyl groups is 2. The van der Waals surface area contributed by atoms with Crippen molar-refractivity contribution < 1.29 is 10.2 Å². The van der Waals surface area contributed by atoms with Crippen molar-refractivity contribution in [3.05, 3.63) is 12.2 Å². The fourth-order valence-corrected chi connectivity index (χ4v) is 0.149. The zero-order valence-corrected chi connectivity index (χ0v) is 7.44. The van der Waals surface area contributed by atoms with Crippen LogP contribution in [-0.4, -0.2) is 27.7 Å². The zero-order valence-electron chi connectivity index (χ0n) is 5.17. The number of aliphatic hydroxyl groups excluding tert-OH is 2. The molecule has 62 valence electrons. The van der Waals surface area contributed by atoms with E-state index in [2.05, 4.69) is 0 Å². The molecule has 0 aromatic heterocycles. The Bertz CT molecular complexity index is 66.5. The SMILES string of the molecule is ClC(Cl)Cl.OCC=CCO. The lowest BCUT2D eigenvalue weighted by molar-refractivity contribution is 0.329. The smallest absolute Gasteiger partial charge is 0.180 e. The highest BCUT2D eigenvalue weighted by Crippen LogP contribution is 2.03. The summed E-state index contributed by atoms with van der Waals surface area (Å²) in [4.78, 5) is 0. The predicted molar refractivity (Wildman–Crippen MR) is 44.7 cm³/mol. The van der Waals surface area contributed by atoms with Crippen LogP contribution in [0.2, 0.25) is 0 Å². The molecule has 0 heterocycles. The van der Waals surface area contributed by atoms with Crippen molar-refractivity contribution in [3.63, 3.8) is 0 Å². The van der Waals surface area contributed by atoms with Crippen LogP contribution in [0.15, 0.2) is 12.2 Å². The molecule has 0 rings (SSSR count). The van der Waals surface area contributed by atoms with Gasteiger partial charge in [0.1, 0.15) is 0 Å². The second-order valence-electron chi connectivity index (χ2n) is 1.08. The minimum atomic E-state index is -0.750. The molecule has 0 fully saturated rings. The Morgan fingerprint density at radius 2 is 1.20 bits per heavy atom. The molecular formula is C5H9Cl3O2. The Balaban J connectivity index is 0. The van der Waals surface area contributed by atoms with E-state index < -0.39 is 4.30 Å². The van der Waals surface area contributed by atoms with Crippen molar-refractivity contribution in [2.45, 2.75) is 4.30 Å². The predicted octanol–water partition coefficient (Wildman–Crippen LogP) is 1.51. The number of alkyl halides is 3. The maximum atomic E-state index is 8.00. The van der Waals surface area contributed by atoms with Crippen LogP contribution in [0.4, 0.5) is 0 Å². The molecule has 0 aromatic rings. The van der Waals surface area contributed by atoms with Crippen LogP contribution in [0.5, 0.6) is 0 Å². The molecule has 0 saturated carbocycles. The minimum Gasteiger partial charge on any atom is -0.392 e. The molecule has 0 saturated heterocycles. The van der Waals surface area contributed by atoms with Crippen LogP contribution in [0.1, 0.15) is 0 Å². The van der Waals surface area contributed by atoms with E-state index in [4.69, 9.17) is 45.0 Å². The molecule has 10 heavy (non-hydrogen) atoms. The first-order valence-corrected chi connectivity index (χ1v) is 3.75. The van der Waals surface area contributed by atoms with Crippen LogP contribution in [0.3, 0.4) is 0 Å². The monoisotopic (exact) mass is 206 g/mol. The Labute approximate surface area is 75.0 Å². The van der Waals surface area contributed by atoms with E-state index in [0.29, 0.717) is 0 Å². The van der Waals surface area contributed by atoms with E-state index in [9.17, 15) is 0 Å². The molecule has 0 spiro atoms. The second-order valence-corrected chi connectivity index (χ2v) is 3.06. The van der Waals surface area contributed by atoms with Gasteiger partial charge >= 0.3 is 0 Å². The molecule has 0 amide bonds. The highest BCUT2D eigenvalue weighted by Gasteiger charge is 1.78. The average molecular weight is 207 g/mol. The van der Waals surface area contributed by atoms with Gasteiger partial charge in [-0.3, -0.25) is 0 Å². The first-order valence-electron chi connectivity index (χ1n) is 2.44. The van der Waals surface area contributed by atoms with Gasteiger partial charge in [-0.2, -0.15) is 0 Å². The summed E-state index contributed by atoms with van der Waals surface area (Å²) in [5.74, 6) is 0. The average Bonchev–Trinajstić information content (AvgIpc) is 1.82. The summed E-state index contributed by atoms with van der Waals surface area (Å²) in [5, 5.41) is 16.0. The lowest BCUT2D eigenvalue weighted by Crippen LogP contribution is -1.74. The number of hydrogen-bond acceptors (Lipinski definition) is 2. The molecule has 2 N–H and O–H groups in total. The van der Waals surface area contributed by atoms with Crippen LogP contribution in [-0.2, 0) is 0 Å². The lowest BCUT2D eigenvalue weighted by atomic mass is 10.5. The fraction of sp³-hybridized carbons (Fsp3) is 0.600. The van der Waals surface area contributed by atoms with Crippen molar-refractivity contribution in [2.75, 3.05) is 13.2 Å². The Kier molecular flexibility index (Phi) is 16.1. The highest BCUT2D eigenvalue weighted by atomic mass is 35.6. The Morgan fingerprint density at radius 1 is 1.00 bits per heavy atom. The summed E-state index contributed by atoms with van der Waals surface area (Å²) in [7, 11) is 0. The van der Waals surface area contributed by atoms with Gasteiger partial charge in [0.15, 0.2) is 4.30 Å². The van der Waals surface area contributed by atoms with Crippen molar-refractivity contribution >= 4 is 34.8 Å². The van der Waals surface area contributed by atoms with Gasteiger partial charge in [-0.05, 0) is 0 Å². The third kappa shape index (κ3) is 38.8. The first kappa shape index (κ1) is 13.1. The summed E-state index contributed by atoms with van der Waals surface area (Å²) in [6, 6.07) is 0. The van der Waals surface area contributed by atoms with Gasteiger partial charge in [-0.1, -0.05) is 47.0 Å². The number of halogens is 3.